The van der Waals surface area contributed by atoms with Gasteiger partial charge in [-0.15, -0.1) is 0 Å². The Bertz CT molecular complexity index is 750. The maximum Gasteiger partial charge on any atom is 0.471 e. The third-order valence-corrected chi connectivity index (χ3v) is 4.79. The van der Waals surface area contributed by atoms with E-state index in [4.69, 9.17) is 0 Å². The van der Waals surface area contributed by atoms with E-state index in [0.29, 0.717) is 17.0 Å². The molecule has 1 heterocycles. The average Bonchev–Trinajstić information content (AvgIpc) is 3.13. The van der Waals surface area contributed by atoms with Crippen LogP contribution in [0.15, 0.2) is 28.8 Å². The summed E-state index contributed by atoms with van der Waals surface area (Å²) < 4.78 is 41.8. The molecule has 5 nitrogen and oxygen atoms in total. The van der Waals surface area contributed by atoms with Crippen molar-refractivity contribution in [2.45, 2.75) is 51.2 Å². The largest absolute Gasteiger partial charge is 0.471 e. The molecule has 1 aliphatic rings. The number of carbonyl (C=O) groups excluding carboxylic acids is 1. The molecule has 0 bridgehead atoms. The van der Waals surface area contributed by atoms with Crippen LogP contribution >= 0.6 is 0 Å². The van der Waals surface area contributed by atoms with Gasteiger partial charge in [-0.25, -0.2) is 0 Å². The van der Waals surface area contributed by atoms with Crippen molar-refractivity contribution in [1.29, 1.82) is 0 Å². The number of nitrogens with one attached hydrogen (secondary N) is 1. The molecule has 0 radical (unpaired) electrons. The predicted octanol–water partition coefficient (Wildman–Crippen LogP) is 4.45. The fraction of sp³-hybridized carbons (Fsp3) is 0.500. The highest BCUT2D eigenvalue weighted by Crippen LogP contribution is 2.29. The lowest BCUT2D eigenvalue weighted by molar-refractivity contribution is -0.159. The first-order valence-electron chi connectivity index (χ1n) is 8.67. The molecule has 0 saturated heterocycles. The Labute approximate surface area is 149 Å². The van der Waals surface area contributed by atoms with Gasteiger partial charge in [-0.05, 0) is 37.8 Å². The Hall–Kier alpha value is -2.38. The monoisotopic (exact) mass is 367 g/mol. The molecule has 1 saturated carbocycles. The highest BCUT2D eigenvalue weighted by atomic mass is 19.4. The van der Waals surface area contributed by atoms with E-state index in [1.807, 2.05) is 6.92 Å². The van der Waals surface area contributed by atoms with Crippen molar-refractivity contribution in [3.63, 3.8) is 0 Å². The summed E-state index contributed by atoms with van der Waals surface area (Å²) in [6, 6.07) is 6.19. The lowest BCUT2D eigenvalue weighted by Gasteiger charge is -2.28. The van der Waals surface area contributed by atoms with Crippen LogP contribution in [0.3, 0.4) is 0 Å². The molecule has 140 valence electrons. The van der Waals surface area contributed by atoms with Gasteiger partial charge in [0, 0.05) is 17.2 Å². The van der Waals surface area contributed by atoms with E-state index >= 15 is 0 Å². The van der Waals surface area contributed by atoms with Crippen LogP contribution in [-0.2, 0) is 6.18 Å². The van der Waals surface area contributed by atoms with E-state index in [1.165, 1.54) is 31.4 Å². The third kappa shape index (κ3) is 4.23. The molecule has 0 unspecified atom stereocenters. The molecular weight excluding hydrogens is 347 g/mol. The molecule has 1 amide bonds. The van der Waals surface area contributed by atoms with Crippen molar-refractivity contribution in [3.8, 4) is 11.4 Å². The third-order valence-electron chi connectivity index (χ3n) is 4.79. The van der Waals surface area contributed by atoms with Gasteiger partial charge in [-0.3, -0.25) is 4.79 Å². The number of carbonyl (C=O) groups is 1. The quantitative estimate of drug-likeness (QED) is 0.867. The molecule has 0 aliphatic heterocycles. The Morgan fingerprint density at radius 2 is 1.85 bits per heavy atom. The summed E-state index contributed by atoms with van der Waals surface area (Å²) in [6.45, 7) is 2.01. The van der Waals surface area contributed by atoms with Crippen LogP contribution in [0.1, 0.15) is 55.3 Å². The van der Waals surface area contributed by atoms with E-state index in [0.717, 1.165) is 12.8 Å². The molecule has 1 N–H and O–H groups in total. The fourth-order valence-corrected chi connectivity index (χ4v) is 3.27. The smallest absolute Gasteiger partial charge is 0.349 e. The first-order chi connectivity index (χ1) is 12.3. The molecular formula is C18H20F3N3O2. The van der Waals surface area contributed by atoms with Crippen LogP contribution in [0, 0.1) is 5.92 Å². The average molecular weight is 367 g/mol. The van der Waals surface area contributed by atoms with Gasteiger partial charge in [0.05, 0.1) is 0 Å². The van der Waals surface area contributed by atoms with E-state index in [2.05, 4.69) is 20.0 Å². The van der Waals surface area contributed by atoms with Gasteiger partial charge >= 0.3 is 12.1 Å². The van der Waals surface area contributed by atoms with Gasteiger partial charge in [-0.1, -0.05) is 36.6 Å². The van der Waals surface area contributed by atoms with Crippen LogP contribution in [0.4, 0.5) is 13.2 Å². The van der Waals surface area contributed by atoms with Crippen LogP contribution in [0.2, 0.25) is 0 Å². The van der Waals surface area contributed by atoms with Gasteiger partial charge in [0.25, 0.3) is 5.91 Å². The van der Waals surface area contributed by atoms with Crippen molar-refractivity contribution < 1.29 is 22.5 Å². The minimum atomic E-state index is -4.68. The lowest BCUT2D eigenvalue weighted by Crippen LogP contribution is -2.38. The first-order valence-corrected chi connectivity index (χ1v) is 8.67. The molecule has 1 aliphatic carbocycles. The molecule has 8 heteroatoms. The highest BCUT2D eigenvalue weighted by molar-refractivity contribution is 5.94. The van der Waals surface area contributed by atoms with Crippen molar-refractivity contribution in [3.05, 3.63) is 35.7 Å². The lowest BCUT2D eigenvalue weighted by atomic mass is 9.84. The van der Waals surface area contributed by atoms with Crippen molar-refractivity contribution in [1.82, 2.24) is 15.5 Å². The van der Waals surface area contributed by atoms with Crippen LogP contribution in [-0.4, -0.2) is 22.1 Å². The van der Waals surface area contributed by atoms with Crippen LogP contribution in [0.25, 0.3) is 11.4 Å². The Kier molecular flexibility index (Phi) is 5.29. The summed E-state index contributed by atoms with van der Waals surface area (Å²) >= 11 is 0. The zero-order valence-electron chi connectivity index (χ0n) is 14.3. The Morgan fingerprint density at radius 3 is 2.42 bits per heavy atom. The number of benzene rings is 1. The van der Waals surface area contributed by atoms with Gasteiger partial charge < -0.3 is 9.84 Å². The standard InChI is InChI=1S/C18H20F3N3O2/c1-11(12-5-3-2-4-6-12)22-16(25)14-9-7-13(8-10-14)15-23-17(26-24-15)18(19,20)21/h7-12H,2-6H2,1H3,(H,22,25)/t11-/m1/s1. The number of alkyl halides is 3. The minimum absolute atomic E-state index is 0.0917. The van der Waals surface area contributed by atoms with Crippen molar-refractivity contribution in [2.75, 3.05) is 0 Å². The number of aromatic nitrogens is 2. The second-order valence-electron chi connectivity index (χ2n) is 6.66. The predicted molar refractivity (Wildman–Crippen MR) is 88.2 cm³/mol. The number of hydrogen-bond acceptors (Lipinski definition) is 4. The number of amides is 1. The van der Waals surface area contributed by atoms with Crippen LogP contribution < -0.4 is 5.32 Å². The molecule has 2 aromatic rings. The number of halogens is 3. The SMILES string of the molecule is C[C@@H](NC(=O)c1ccc(-c2noc(C(F)(F)F)n2)cc1)C1CCCCC1. The maximum absolute atomic E-state index is 12.5. The zero-order chi connectivity index (χ0) is 18.7. The molecule has 0 spiro atoms. The first kappa shape index (κ1) is 18.4. The van der Waals surface area contributed by atoms with E-state index in [-0.39, 0.29) is 17.8 Å². The second kappa shape index (κ2) is 7.47. The van der Waals surface area contributed by atoms with Gasteiger partial charge in [-0.2, -0.15) is 18.2 Å². The summed E-state index contributed by atoms with van der Waals surface area (Å²) in [6.07, 6.45) is 1.22. The molecule has 1 aromatic carbocycles. The highest BCUT2D eigenvalue weighted by Gasteiger charge is 2.38. The Morgan fingerprint density at radius 1 is 1.19 bits per heavy atom. The Balaban J connectivity index is 1.65. The number of nitrogens with zero attached hydrogens (tertiary/aromatic N) is 2. The molecule has 26 heavy (non-hydrogen) atoms. The minimum Gasteiger partial charge on any atom is -0.349 e. The van der Waals surface area contributed by atoms with Gasteiger partial charge in [0.15, 0.2) is 0 Å². The summed E-state index contributed by atoms with van der Waals surface area (Å²) in [7, 11) is 0. The van der Waals surface area contributed by atoms with Crippen LogP contribution in [0.5, 0.6) is 0 Å². The van der Waals surface area contributed by atoms with E-state index < -0.39 is 12.1 Å². The van der Waals surface area contributed by atoms with Gasteiger partial charge in [0.1, 0.15) is 0 Å². The molecule has 1 atom stereocenters. The molecule has 1 fully saturated rings. The zero-order valence-corrected chi connectivity index (χ0v) is 14.3. The summed E-state index contributed by atoms with van der Waals surface area (Å²) in [4.78, 5) is 15.7. The van der Waals surface area contributed by atoms with Gasteiger partial charge in [0.2, 0.25) is 5.82 Å². The number of rotatable bonds is 4. The summed E-state index contributed by atoms with van der Waals surface area (Å²) in [5.74, 6) is -1.26. The second-order valence-corrected chi connectivity index (χ2v) is 6.66. The van der Waals surface area contributed by atoms with Crippen molar-refractivity contribution in [2.24, 2.45) is 5.92 Å². The normalized spacial score (nSPS) is 17.1. The number of hydrogen-bond donors (Lipinski definition) is 1. The maximum atomic E-state index is 12.5. The summed E-state index contributed by atoms with van der Waals surface area (Å²) in [5.41, 5.74) is 0.789. The van der Waals surface area contributed by atoms with E-state index in [1.54, 1.807) is 12.1 Å². The molecule has 3 rings (SSSR count). The van der Waals surface area contributed by atoms with Crippen molar-refractivity contribution >= 4 is 5.91 Å². The van der Waals surface area contributed by atoms with E-state index in [9.17, 15) is 18.0 Å². The molecule has 1 aromatic heterocycles. The topological polar surface area (TPSA) is 68.0 Å². The fourth-order valence-electron chi connectivity index (χ4n) is 3.27. The summed E-state index contributed by atoms with van der Waals surface area (Å²) in [5, 5.41) is 6.34.